The Kier molecular flexibility index (Phi) is 8.90. The van der Waals surface area contributed by atoms with Crippen LogP contribution in [0, 0.1) is 0 Å². The van der Waals surface area contributed by atoms with Gasteiger partial charge >= 0.3 is 0 Å². The first kappa shape index (κ1) is 28.4. The summed E-state index contributed by atoms with van der Waals surface area (Å²) < 4.78 is 35.6. The molecule has 1 aromatic carbocycles. The number of carbonyl (C=O) groups excluding carboxylic acids is 1. The Bertz CT molecular complexity index is 1470. The number of benzene rings is 1. The summed E-state index contributed by atoms with van der Waals surface area (Å²) in [6.45, 7) is 2.89. The SMILES string of the molecule is COCCCS(=O)(=O)c1ccc(C(=NO[C@@H]2CCOC2)C(=O)Nc2nc3ccc(N4CCC(N)C4)nc3s2)cc1. The van der Waals surface area contributed by atoms with Crippen LogP contribution in [0.5, 0.6) is 0 Å². The standard InChI is InChI=1S/C26H32N6O6S2/c1-36-12-2-14-40(34,35)20-5-3-17(4-6-20)23(31-38-19-10-13-37-16-19)24(33)30-26-28-21-7-8-22(29-25(21)39-26)32-11-9-18(27)15-32/h3-8,18-19H,2,9-16,27H2,1H3,(H,28,30,33)/t18?,19-/m1/s1. The van der Waals surface area contributed by atoms with E-state index < -0.39 is 15.7 Å². The van der Waals surface area contributed by atoms with Crippen LogP contribution in [0.25, 0.3) is 10.3 Å². The molecule has 2 aliphatic rings. The topological polar surface area (TPSA) is 158 Å². The molecular weight excluding hydrogens is 556 g/mol. The Morgan fingerprint density at radius 3 is 2.75 bits per heavy atom. The second-order valence-corrected chi connectivity index (χ2v) is 12.8. The Labute approximate surface area is 236 Å². The lowest BCUT2D eigenvalue weighted by atomic mass is 10.1. The minimum absolute atomic E-state index is 0.00538. The number of fused-ring (bicyclic) bond motifs is 1. The molecule has 3 N–H and O–H groups in total. The number of oxime groups is 1. The lowest BCUT2D eigenvalue weighted by Crippen LogP contribution is -2.26. The molecule has 14 heteroatoms. The van der Waals surface area contributed by atoms with Crippen LogP contribution in [0.4, 0.5) is 10.9 Å². The summed E-state index contributed by atoms with van der Waals surface area (Å²) in [6, 6.07) is 9.93. The normalized spacial score (nSPS) is 19.9. The molecule has 2 saturated heterocycles. The Balaban J connectivity index is 1.35. The van der Waals surface area contributed by atoms with Gasteiger partial charge in [-0.1, -0.05) is 28.6 Å². The van der Waals surface area contributed by atoms with Crippen LogP contribution in [0.15, 0.2) is 46.4 Å². The summed E-state index contributed by atoms with van der Waals surface area (Å²) in [7, 11) is -1.96. The lowest BCUT2D eigenvalue weighted by molar-refractivity contribution is -0.110. The summed E-state index contributed by atoms with van der Waals surface area (Å²) in [5.74, 6) is 0.248. The molecule has 1 amide bonds. The van der Waals surface area contributed by atoms with Crippen LogP contribution in [-0.2, 0) is 28.9 Å². The van der Waals surface area contributed by atoms with Gasteiger partial charge in [-0.05, 0) is 37.1 Å². The molecule has 40 heavy (non-hydrogen) atoms. The second kappa shape index (κ2) is 12.6. The molecule has 2 aliphatic heterocycles. The number of aromatic nitrogens is 2. The van der Waals surface area contributed by atoms with Gasteiger partial charge < -0.3 is 24.9 Å². The molecule has 2 fully saturated rings. The number of thiazole rings is 1. The Hall–Kier alpha value is -3.17. The molecule has 4 heterocycles. The van der Waals surface area contributed by atoms with Crippen LogP contribution in [0.1, 0.15) is 24.8 Å². The minimum Gasteiger partial charge on any atom is -0.389 e. The zero-order valence-corrected chi connectivity index (χ0v) is 23.7. The molecule has 214 valence electrons. The highest BCUT2D eigenvalue weighted by Gasteiger charge is 2.24. The molecule has 0 aliphatic carbocycles. The predicted octanol–water partition coefficient (Wildman–Crippen LogP) is 2.19. The average molecular weight is 589 g/mol. The number of carbonyl (C=O) groups is 1. The molecule has 0 spiro atoms. The van der Waals surface area contributed by atoms with E-state index in [-0.39, 0.29) is 28.5 Å². The fourth-order valence-corrected chi connectivity index (χ4v) is 6.58. The van der Waals surface area contributed by atoms with E-state index in [0.29, 0.717) is 53.7 Å². The molecule has 5 rings (SSSR count). The van der Waals surface area contributed by atoms with Crippen LogP contribution < -0.4 is 16.0 Å². The summed E-state index contributed by atoms with van der Waals surface area (Å²) in [5, 5.41) is 7.31. The van der Waals surface area contributed by atoms with Crippen molar-refractivity contribution < 1.29 is 27.5 Å². The number of nitrogens with one attached hydrogen (secondary N) is 1. The van der Waals surface area contributed by atoms with Gasteiger partial charge in [0.1, 0.15) is 16.2 Å². The van der Waals surface area contributed by atoms with Gasteiger partial charge in [0.05, 0.1) is 23.9 Å². The zero-order valence-electron chi connectivity index (χ0n) is 22.1. The first-order valence-corrected chi connectivity index (χ1v) is 15.5. The monoisotopic (exact) mass is 588 g/mol. The van der Waals surface area contributed by atoms with Crippen molar-refractivity contribution in [1.82, 2.24) is 9.97 Å². The minimum atomic E-state index is -3.49. The van der Waals surface area contributed by atoms with Gasteiger partial charge in [-0.3, -0.25) is 10.1 Å². The number of rotatable bonds is 11. The summed E-state index contributed by atoms with van der Waals surface area (Å²) in [4.78, 5) is 31.2. The van der Waals surface area contributed by atoms with E-state index in [1.807, 2.05) is 12.1 Å². The van der Waals surface area contributed by atoms with Crippen molar-refractivity contribution >= 4 is 54.1 Å². The fourth-order valence-electron chi connectivity index (χ4n) is 4.47. The van der Waals surface area contributed by atoms with Crippen molar-refractivity contribution in [3.05, 3.63) is 42.0 Å². The van der Waals surface area contributed by atoms with Crippen molar-refractivity contribution in [3.63, 3.8) is 0 Å². The summed E-state index contributed by atoms with van der Waals surface area (Å²) in [5.41, 5.74) is 7.10. The van der Waals surface area contributed by atoms with Gasteiger partial charge in [0.25, 0.3) is 5.91 Å². The molecule has 0 saturated carbocycles. The van der Waals surface area contributed by atoms with Crippen molar-refractivity contribution in [1.29, 1.82) is 0 Å². The van der Waals surface area contributed by atoms with Crippen LogP contribution in [0.2, 0.25) is 0 Å². The highest BCUT2D eigenvalue weighted by molar-refractivity contribution is 7.91. The number of hydrogen-bond donors (Lipinski definition) is 2. The second-order valence-electron chi connectivity index (χ2n) is 9.68. The van der Waals surface area contributed by atoms with Gasteiger partial charge in [0.15, 0.2) is 26.8 Å². The third-order valence-corrected chi connectivity index (χ3v) is 9.35. The average Bonchev–Trinajstić information content (AvgIpc) is 3.70. The predicted molar refractivity (Wildman–Crippen MR) is 153 cm³/mol. The number of amides is 1. The number of sulfone groups is 1. The first-order valence-electron chi connectivity index (χ1n) is 13.1. The van der Waals surface area contributed by atoms with Gasteiger partial charge in [0.2, 0.25) is 0 Å². The summed E-state index contributed by atoms with van der Waals surface area (Å²) >= 11 is 1.25. The van der Waals surface area contributed by atoms with Gasteiger partial charge in [-0.2, -0.15) is 0 Å². The highest BCUT2D eigenvalue weighted by Crippen LogP contribution is 2.28. The number of anilines is 2. The lowest BCUT2D eigenvalue weighted by Gasteiger charge is -2.16. The number of nitrogens with zero attached hydrogens (tertiary/aromatic N) is 4. The van der Waals surface area contributed by atoms with E-state index in [4.69, 9.17) is 25.0 Å². The van der Waals surface area contributed by atoms with Gasteiger partial charge in [0, 0.05) is 44.8 Å². The van der Waals surface area contributed by atoms with E-state index >= 15 is 0 Å². The Morgan fingerprint density at radius 2 is 2.05 bits per heavy atom. The van der Waals surface area contributed by atoms with E-state index in [1.165, 1.54) is 30.6 Å². The van der Waals surface area contributed by atoms with E-state index in [2.05, 4.69) is 20.4 Å². The maximum absolute atomic E-state index is 13.4. The highest BCUT2D eigenvalue weighted by atomic mass is 32.2. The number of nitrogens with two attached hydrogens (primary N) is 1. The Morgan fingerprint density at radius 1 is 1.23 bits per heavy atom. The van der Waals surface area contributed by atoms with Gasteiger partial charge in [-0.15, -0.1) is 0 Å². The zero-order chi connectivity index (χ0) is 28.1. The van der Waals surface area contributed by atoms with E-state index in [9.17, 15) is 13.2 Å². The molecular formula is C26H32N6O6S2. The molecule has 0 bridgehead atoms. The maximum Gasteiger partial charge on any atom is 0.280 e. The molecule has 2 aromatic heterocycles. The van der Waals surface area contributed by atoms with Crippen molar-refractivity contribution in [2.45, 2.75) is 36.3 Å². The summed E-state index contributed by atoms with van der Waals surface area (Å²) in [6.07, 6.45) is 1.69. The van der Waals surface area contributed by atoms with Gasteiger partial charge in [-0.25, -0.2) is 18.4 Å². The number of hydrogen-bond acceptors (Lipinski definition) is 12. The van der Waals surface area contributed by atoms with Crippen LogP contribution in [-0.4, -0.2) is 87.9 Å². The maximum atomic E-state index is 13.4. The van der Waals surface area contributed by atoms with E-state index in [0.717, 1.165) is 25.3 Å². The first-order chi connectivity index (χ1) is 19.3. The molecule has 0 radical (unpaired) electrons. The van der Waals surface area contributed by atoms with Crippen molar-refractivity contribution in [2.24, 2.45) is 10.9 Å². The van der Waals surface area contributed by atoms with E-state index in [1.54, 1.807) is 12.1 Å². The number of ether oxygens (including phenoxy) is 2. The smallest absolute Gasteiger partial charge is 0.280 e. The third kappa shape index (κ3) is 6.75. The van der Waals surface area contributed by atoms with Crippen LogP contribution in [0.3, 0.4) is 0 Å². The number of methoxy groups -OCH3 is 1. The van der Waals surface area contributed by atoms with Crippen molar-refractivity contribution in [3.8, 4) is 0 Å². The van der Waals surface area contributed by atoms with Crippen molar-refractivity contribution in [2.75, 3.05) is 56.0 Å². The molecule has 1 unspecified atom stereocenters. The largest absolute Gasteiger partial charge is 0.389 e. The molecule has 3 aromatic rings. The van der Waals surface area contributed by atoms with Crippen LogP contribution >= 0.6 is 11.3 Å². The fraction of sp³-hybridized carbons (Fsp3) is 0.462. The molecule has 12 nitrogen and oxygen atoms in total. The quantitative estimate of drug-likeness (QED) is 0.193. The molecule has 2 atom stereocenters. The number of pyridine rings is 1. The third-order valence-electron chi connectivity index (χ3n) is 6.65.